The molecular weight excluding hydrogens is 254 g/mol. The maximum Gasteiger partial charge on any atom is 0.221 e. The van der Waals surface area contributed by atoms with Gasteiger partial charge >= 0.3 is 0 Å². The Kier molecular flexibility index (Phi) is 7.01. The number of hydrogen-bond donors (Lipinski definition) is 2. The Morgan fingerprint density at radius 3 is 2.75 bits per heavy atom. The van der Waals surface area contributed by atoms with Crippen LogP contribution in [-0.4, -0.2) is 29.6 Å². The molecule has 0 spiro atoms. The van der Waals surface area contributed by atoms with Crippen LogP contribution in [0.5, 0.6) is 5.88 Å². The van der Waals surface area contributed by atoms with Gasteiger partial charge in [0.25, 0.3) is 0 Å². The van der Waals surface area contributed by atoms with Gasteiger partial charge in [0.15, 0.2) is 0 Å². The molecule has 0 unspecified atom stereocenters. The number of nitrogens with zero attached hydrogens (tertiary/aromatic N) is 1. The van der Waals surface area contributed by atoms with E-state index < -0.39 is 0 Å². The molecule has 0 aliphatic rings. The van der Waals surface area contributed by atoms with E-state index in [1.165, 1.54) is 0 Å². The van der Waals surface area contributed by atoms with Crippen molar-refractivity contribution in [1.82, 2.24) is 15.6 Å². The van der Waals surface area contributed by atoms with Crippen molar-refractivity contribution < 1.29 is 9.53 Å². The molecule has 0 aromatic carbocycles. The minimum atomic E-state index is 0.0255. The molecule has 2 N–H and O–H groups in total. The fourth-order valence-corrected chi connectivity index (χ4v) is 1.64. The van der Waals surface area contributed by atoms with E-state index in [-0.39, 0.29) is 12.0 Å². The second-order valence-electron chi connectivity index (χ2n) is 5.27. The fraction of sp³-hybridized carbons (Fsp3) is 0.600. The van der Waals surface area contributed by atoms with Gasteiger partial charge in [-0.2, -0.15) is 0 Å². The van der Waals surface area contributed by atoms with Crippen molar-refractivity contribution in [2.75, 3.05) is 6.54 Å². The number of amides is 1. The fourth-order valence-electron chi connectivity index (χ4n) is 1.64. The van der Waals surface area contributed by atoms with E-state index in [0.29, 0.717) is 31.4 Å². The van der Waals surface area contributed by atoms with Crippen molar-refractivity contribution in [2.45, 2.75) is 52.8 Å². The molecule has 0 radical (unpaired) electrons. The number of carbonyl (C=O) groups excluding carboxylic acids is 1. The molecule has 1 aromatic heterocycles. The highest BCUT2D eigenvalue weighted by atomic mass is 16.5. The van der Waals surface area contributed by atoms with E-state index in [0.717, 1.165) is 5.56 Å². The first-order valence-corrected chi connectivity index (χ1v) is 7.09. The molecule has 0 bridgehead atoms. The van der Waals surface area contributed by atoms with Crippen LogP contribution in [0.3, 0.4) is 0 Å². The minimum Gasteiger partial charge on any atom is -0.475 e. The smallest absolute Gasteiger partial charge is 0.221 e. The van der Waals surface area contributed by atoms with Crippen LogP contribution in [0.15, 0.2) is 18.3 Å². The Hall–Kier alpha value is -1.62. The summed E-state index contributed by atoms with van der Waals surface area (Å²) in [6, 6.07) is 4.15. The highest BCUT2D eigenvalue weighted by Crippen LogP contribution is 2.15. The van der Waals surface area contributed by atoms with E-state index in [9.17, 15) is 4.79 Å². The van der Waals surface area contributed by atoms with Gasteiger partial charge in [-0.3, -0.25) is 4.79 Å². The average Bonchev–Trinajstić information content (AvgIpc) is 2.36. The SMILES string of the molecule is CC(C)NCCC(=O)NCc1cccnc1OC(C)C. The van der Waals surface area contributed by atoms with Gasteiger partial charge in [-0.1, -0.05) is 19.9 Å². The third-order valence-corrected chi connectivity index (χ3v) is 2.58. The molecule has 20 heavy (non-hydrogen) atoms. The number of nitrogens with one attached hydrogen (secondary N) is 2. The molecule has 1 rings (SSSR count). The third-order valence-electron chi connectivity index (χ3n) is 2.58. The van der Waals surface area contributed by atoms with Crippen LogP contribution in [0.25, 0.3) is 0 Å². The highest BCUT2D eigenvalue weighted by Gasteiger charge is 2.08. The van der Waals surface area contributed by atoms with Crippen LogP contribution in [0.2, 0.25) is 0 Å². The molecule has 112 valence electrons. The minimum absolute atomic E-state index is 0.0255. The standard InChI is InChI=1S/C15H25N3O2/c1-11(2)16-9-7-14(19)18-10-13-6-5-8-17-15(13)20-12(3)4/h5-6,8,11-12,16H,7,9-10H2,1-4H3,(H,18,19). The van der Waals surface area contributed by atoms with Crippen molar-refractivity contribution in [2.24, 2.45) is 0 Å². The maximum atomic E-state index is 11.7. The van der Waals surface area contributed by atoms with E-state index >= 15 is 0 Å². The molecule has 5 nitrogen and oxygen atoms in total. The summed E-state index contributed by atoms with van der Waals surface area (Å²) in [6.07, 6.45) is 2.23. The topological polar surface area (TPSA) is 63.2 Å². The van der Waals surface area contributed by atoms with Crippen molar-refractivity contribution in [1.29, 1.82) is 0 Å². The predicted molar refractivity (Wildman–Crippen MR) is 79.6 cm³/mol. The van der Waals surface area contributed by atoms with E-state index in [1.54, 1.807) is 6.20 Å². The Balaban J connectivity index is 2.42. The van der Waals surface area contributed by atoms with Gasteiger partial charge in [0.2, 0.25) is 11.8 Å². The normalized spacial score (nSPS) is 10.9. The predicted octanol–water partition coefficient (Wildman–Crippen LogP) is 1.87. The third kappa shape index (κ3) is 6.52. The van der Waals surface area contributed by atoms with E-state index in [2.05, 4.69) is 29.5 Å². The van der Waals surface area contributed by atoms with Crippen LogP contribution in [0, 0.1) is 0 Å². The maximum absolute atomic E-state index is 11.7. The Labute approximate surface area is 121 Å². The summed E-state index contributed by atoms with van der Waals surface area (Å²) in [5.74, 6) is 0.612. The molecule has 0 saturated carbocycles. The van der Waals surface area contributed by atoms with Gasteiger partial charge in [0, 0.05) is 37.3 Å². The largest absolute Gasteiger partial charge is 0.475 e. The lowest BCUT2D eigenvalue weighted by atomic mass is 10.2. The summed E-state index contributed by atoms with van der Waals surface area (Å²) in [5, 5.41) is 6.10. The van der Waals surface area contributed by atoms with Crippen molar-refractivity contribution >= 4 is 5.91 Å². The van der Waals surface area contributed by atoms with Gasteiger partial charge in [-0.25, -0.2) is 4.98 Å². The zero-order valence-corrected chi connectivity index (χ0v) is 12.8. The molecule has 0 aliphatic carbocycles. The second-order valence-corrected chi connectivity index (χ2v) is 5.27. The van der Waals surface area contributed by atoms with Crippen LogP contribution in [0.1, 0.15) is 39.7 Å². The number of aromatic nitrogens is 1. The van der Waals surface area contributed by atoms with Gasteiger partial charge < -0.3 is 15.4 Å². The molecule has 1 aromatic rings. The van der Waals surface area contributed by atoms with Crippen LogP contribution in [0.4, 0.5) is 0 Å². The van der Waals surface area contributed by atoms with Crippen LogP contribution >= 0.6 is 0 Å². The Morgan fingerprint density at radius 1 is 1.35 bits per heavy atom. The quantitative estimate of drug-likeness (QED) is 0.762. The Bertz CT molecular complexity index is 419. The number of carbonyl (C=O) groups is 1. The summed E-state index contributed by atoms with van der Waals surface area (Å²) in [5.41, 5.74) is 0.895. The van der Waals surface area contributed by atoms with E-state index in [1.807, 2.05) is 26.0 Å². The van der Waals surface area contributed by atoms with Crippen molar-refractivity contribution in [3.8, 4) is 5.88 Å². The van der Waals surface area contributed by atoms with Crippen molar-refractivity contribution in [3.63, 3.8) is 0 Å². The molecule has 1 heterocycles. The molecule has 0 saturated heterocycles. The summed E-state index contributed by atoms with van der Waals surface area (Å²) >= 11 is 0. The molecule has 0 aliphatic heterocycles. The number of ether oxygens (including phenoxy) is 1. The summed E-state index contributed by atoms with van der Waals surface area (Å²) in [7, 11) is 0. The van der Waals surface area contributed by atoms with Crippen LogP contribution < -0.4 is 15.4 Å². The van der Waals surface area contributed by atoms with Gasteiger partial charge in [0.1, 0.15) is 0 Å². The molecule has 0 fully saturated rings. The summed E-state index contributed by atoms with van der Waals surface area (Å²) < 4.78 is 5.62. The first-order chi connectivity index (χ1) is 9.49. The van der Waals surface area contributed by atoms with Crippen molar-refractivity contribution in [3.05, 3.63) is 23.9 Å². The number of hydrogen-bond acceptors (Lipinski definition) is 4. The molecule has 0 atom stereocenters. The lowest BCUT2D eigenvalue weighted by molar-refractivity contribution is -0.121. The number of rotatable bonds is 8. The molecule has 1 amide bonds. The lowest BCUT2D eigenvalue weighted by Crippen LogP contribution is -2.30. The molecular formula is C15H25N3O2. The second kappa shape index (κ2) is 8.53. The van der Waals surface area contributed by atoms with Gasteiger partial charge in [0.05, 0.1) is 6.10 Å². The monoisotopic (exact) mass is 279 g/mol. The van der Waals surface area contributed by atoms with E-state index in [4.69, 9.17) is 4.74 Å². The first-order valence-electron chi connectivity index (χ1n) is 7.09. The average molecular weight is 279 g/mol. The zero-order chi connectivity index (χ0) is 15.0. The van der Waals surface area contributed by atoms with Gasteiger partial charge in [-0.15, -0.1) is 0 Å². The lowest BCUT2D eigenvalue weighted by Gasteiger charge is -2.13. The summed E-state index contributed by atoms with van der Waals surface area (Å²) in [6.45, 7) is 9.15. The highest BCUT2D eigenvalue weighted by molar-refractivity contribution is 5.76. The Morgan fingerprint density at radius 2 is 2.10 bits per heavy atom. The molecule has 5 heteroatoms. The zero-order valence-electron chi connectivity index (χ0n) is 12.8. The first kappa shape index (κ1) is 16.4. The summed E-state index contributed by atoms with van der Waals surface area (Å²) in [4.78, 5) is 15.9. The number of pyridine rings is 1. The van der Waals surface area contributed by atoms with Crippen LogP contribution in [-0.2, 0) is 11.3 Å². The van der Waals surface area contributed by atoms with Gasteiger partial charge in [-0.05, 0) is 19.9 Å².